The molecule has 1 N–H and O–H groups in total. The monoisotopic (exact) mass is 300 g/mol. The topological polar surface area (TPSA) is 32.3 Å². The van der Waals surface area contributed by atoms with Crippen molar-refractivity contribution in [2.45, 2.75) is 26.4 Å². The van der Waals surface area contributed by atoms with E-state index in [1.807, 2.05) is 49.2 Å². The van der Waals surface area contributed by atoms with E-state index in [0.29, 0.717) is 17.8 Å². The molecule has 0 aliphatic heterocycles. The average Bonchev–Trinajstić information content (AvgIpc) is 2.51. The molecule has 0 aromatic heterocycles. The number of anilines is 1. The highest BCUT2D eigenvalue weighted by atomic mass is 19.1. The van der Waals surface area contributed by atoms with Crippen molar-refractivity contribution in [1.82, 2.24) is 4.90 Å². The summed E-state index contributed by atoms with van der Waals surface area (Å²) in [6, 6.07) is 14.4. The maximum absolute atomic E-state index is 13.5. The van der Waals surface area contributed by atoms with Crippen LogP contribution in [0.2, 0.25) is 0 Å². The van der Waals surface area contributed by atoms with Crippen molar-refractivity contribution in [3.05, 3.63) is 65.5 Å². The Morgan fingerprint density at radius 3 is 2.55 bits per heavy atom. The first-order chi connectivity index (χ1) is 10.5. The van der Waals surface area contributed by atoms with Crippen molar-refractivity contribution in [3.63, 3.8) is 0 Å². The van der Waals surface area contributed by atoms with Gasteiger partial charge in [-0.1, -0.05) is 36.4 Å². The molecule has 0 aliphatic rings. The fraction of sp³-hybridized carbons (Fsp3) is 0.278. The van der Waals surface area contributed by atoms with Crippen LogP contribution in [0.1, 0.15) is 18.1 Å². The predicted molar refractivity (Wildman–Crippen MR) is 87.1 cm³/mol. The minimum atomic E-state index is -0.317. The van der Waals surface area contributed by atoms with Gasteiger partial charge in [-0.15, -0.1) is 0 Å². The van der Waals surface area contributed by atoms with E-state index in [0.717, 1.165) is 5.56 Å². The number of nitrogens with zero attached hydrogens (tertiary/aromatic N) is 1. The van der Waals surface area contributed by atoms with Crippen molar-refractivity contribution in [3.8, 4) is 0 Å². The number of likely N-dealkylation sites (N-methyl/N-ethyl adjacent to an activating group) is 1. The Hall–Kier alpha value is -2.20. The lowest BCUT2D eigenvalue weighted by molar-refractivity contribution is -0.120. The third-order valence-corrected chi connectivity index (χ3v) is 3.75. The fourth-order valence-corrected chi connectivity index (χ4v) is 2.13. The van der Waals surface area contributed by atoms with Crippen molar-refractivity contribution < 1.29 is 9.18 Å². The van der Waals surface area contributed by atoms with E-state index in [4.69, 9.17) is 0 Å². The number of hydrogen-bond donors (Lipinski definition) is 1. The van der Waals surface area contributed by atoms with Gasteiger partial charge in [-0.25, -0.2) is 4.39 Å². The molecule has 1 amide bonds. The molecule has 0 fully saturated rings. The molecular weight excluding hydrogens is 279 g/mol. The van der Waals surface area contributed by atoms with Crippen molar-refractivity contribution in [2.24, 2.45) is 0 Å². The van der Waals surface area contributed by atoms with E-state index in [9.17, 15) is 9.18 Å². The lowest BCUT2D eigenvalue weighted by Gasteiger charge is -2.24. The van der Waals surface area contributed by atoms with Crippen LogP contribution in [0.5, 0.6) is 0 Å². The second-order valence-electron chi connectivity index (χ2n) is 5.53. The van der Waals surface area contributed by atoms with Gasteiger partial charge in [0.15, 0.2) is 0 Å². The maximum Gasteiger partial charge on any atom is 0.241 e. The Kier molecular flexibility index (Phi) is 5.28. The average molecular weight is 300 g/mol. The van der Waals surface area contributed by atoms with Gasteiger partial charge in [0, 0.05) is 12.2 Å². The zero-order valence-corrected chi connectivity index (χ0v) is 13.1. The smallest absolute Gasteiger partial charge is 0.241 e. The second-order valence-corrected chi connectivity index (χ2v) is 5.53. The van der Waals surface area contributed by atoms with Crippen LogP contribution in [0.25, 0.3) is 0 Å². The highest BCUT2D eigenvalue weighted by molar-refractivity contribution is 5.94. The summed E-state index contributed by atoms with van der Waals surface area (Å²) in [6.45, 7) is 4.21. The van der Waals surface area contributed by atoms with Gasteiger partial charge < -0.3 is 5.32 Å². The first kappa shape index (κ1) is 16.2. The van der Waals surface area contributed by atoms with Crippen molar-refractivity contribution in [1.29, 1.82) is 0 Å². The molecule has 0 aliphatic carbocycles. The molecule has 116 valence electrons. The Balaban J connectivity index is 1.97. The molecule has 2 aromatic carbocycles. The Morgan fingerprint density at radius 1 is 1.23 bits per heavy atom. The number of hydrogen-bond acceptors (Lipinski definition) is 2. The summed E-state index contributed by atoms with van der Waals surface area (Å²) in [5, 5.41) is 2.76. The number of amides is 1. The lowest BCUT2D eigenvalue weighted by Crippen LogP contribution is -2.39. The summed E-state index contributed by atoms with van der Waals surface area (Å²) < 4.78 is 13.5. The number of halogens is 1. The summed E-state index contributed by atoms with van der Waals surface area (Å²) >= 11 is 0. The molecule has 0 heterocycles. The first-order valence-corrected chi connectivity index (χ1v) is 7.28. The number of carbonyl (C=O) groups excluding carboxylic acids is 1. The Morgan fingerprint density at radius 2 is 1.91 bits per heavy atom. The van der Waals surface area contributed by atoms with Crippen LogP contribution >= 0.6 is 0 Å². The largest absolute Gasteiger partial charge is 0.325 e. The molecule has 2 aromatic rings. The first-order valence-electron chi connectivity index (χ1n) is 7.28. The number of rotatable bonds is 5. The van der Waals surface area contributed by atoms with E-state index in [1.165, 1.54) is 6.07 Å². The Labute approximate surface area is 130 Å². The molecular formula is C18H21FN2O. The molecule has 1 atom stereocenters. The third kappa shape index (κ3) is 4.15. The van der Waals surface area contributed by atoms with Crippen LogP contribution < -0.4 is 5.32 Å². The van der Waals surface area contributed by atoms with Gasteiger partial charge in [0.25, 0.3) is 0 Å². The van der Waals surface area contributed by atoms with E-state index < -0.39 is 0 Å². The summed E-state index contributed by atoms with van der Waals surface area (Å²) in [5.74, 6) is -0.468. The summed E-state index contributed by atoms with van der Waals surface area (Å²) in [7, 11) is 1.90. The SMILES string of the molecule is Cc1ccc(NC(=O)[C@H](C)N(C)Cc2ccccc2)cc1F. The van der Waals surface area contributed by atoms with Gasteiger partial charge in [0.2, 0.25) is 5.91 Å². The normalized spacial score (nSPS) is 12.2. The molecule has 0 saturated carbocycles. The fourth-order valence-electron chi connectivity index (χ4n) is 2.13. The van der Waals surface area contributed by atoms with Gasteiger partial charge in [0.1, 0.15) is 5.82 Å². The number of carbonyl (C=O) groups is 1. The zero-order chi connectivity index (χ0) is 16.1. The van der Waals surface area contributed by atoms with Crippen molar-refractivity contribution in [2.75, 3.05) is 12.4 Å². The number of benzene rings is 2. The van der Waals surface area contributed by atoms with Gasteiger partial charge in [-0.05, 0) is 44.2 Å². The highest BCUT2D eigenvalue weighted by Crippen LogP contribution is 2.15. The van der Waals surface area contributed by atoms with E-state index >= 15 is 0 Å². The lowest BCUT2D eigenvalue weighted by atomic mass is 10.1. The molecule has 0 saturated heterocycles. The van der Waals surface area contributed by atoms with Crippen LogP contribution in [0.4, 0.5) is 10.1 Å². The molecule has 0 radical (unpaired) electrons. The summed E-state index contributed by atoms with van der Waals surface area (Å²) in [6.07, 6.45) is 0. The molecule has 22 heavy (non-hydrogen) atoms. The molecule has 4 heteroatoms. The van der Waals surface area contributed by atoms with Gasteiger partial charge in [0.05, 0.1) is 6.04 Å². The van der Waals surface area contributed by atoms with Gasteiger partial charge >= 0.3 is 0 Å². The van der Waals surface area contributed by atoms with Gasteiger partial charge in [-0.2, -0.15) is 0 Å². The van der Waals surface area contributed by atoms with Crippen molar-refractivity contribution >= 4 is 11.6 Å². The maximum atomic E-state index is 13.5. The molecule has 0 spiro atoms. The Bertz CT molecular complexity index is 643. The minimum absolute atomic E-state index is 0.151. The number of nitrogens with one attached hydrogen (secondary N) is 1. The van der Waals surface area contributed by atoms with Crippen LogP contribution in [0.3, 0.4) is 0 Å². The summed E-state index contributed by atoms with van der Waals surface area (Å²) in [4.78, 5) is 14.2. The van der Waals surface area contributed by atoms with E-state index in [2.05, 4.69) is 5.32 Å². The third-order valence-electron chi connectivity index (χ3n) is 3.75. The zero-order valence-electron chi connectivity index (χ0n) is 13.1. The van der Waals surface area contributed by atoms with Crippen LogP contribution in [-0.4, -0.2) is 23.9 Å². The van der Waals surface area contributed by atoms with E-state index in [-0.39, 0.29) is 17.8 Å². The molecule has 0 unspecified atom stereocenters. The minimum Gasteiger partial charge on any atom is -0.325 e. The van der Waals surface area contributed by atoms with Crippen LogP contribution in [-0.2, 0) is 11.3 Å². The molecule has 2 rings (SSSR count). The van der Waals surface area contributed by atoms with Gasteiger partial charge in [-0.3, -0.25) is 9.69 Å². The predicted octanol–water partition coefficient (Wildman–Crippen LogP) is 3.59. The quantitative estimate of drug-likeness (QED) is 0.915. The molecule has 0 bridgehead atoms. The van der Waals surface area contributed by atoms with E-state index in [1.54, 1.807) is 19.1 Å². The standard InChI is InChI=1S/C18H21FN2O/c1-13-9-10-16(11-17(13)19)20-18(22)14(2)21(3)12-15-7-5-4-6-8-15/h4-11,14H,12H2,1-3H3,(H,20,22)/t14-/m0/s1. The highest BCUT2D eigenvalue weighted by Gasteiger charge is 2.18. The van der Waals surface area contributed by atoms with Crippen LogP contribution in [0.15, 0.2) is 48.5 Å². The number of aryl methyl sites for hydroxylation is 1. The summed E-state index contributed by atoms with van der Waals surface area (Å²) in [5.41, 5.74) is 2.19. The second kappa shape index (κ2) is 7.18. The molecule has 3 nitrogen and oxygen atoms in total. The van der Waals surface area contributed by atoms with Crippen LogP contribution in [0, 0.1) is 12.7 Å².